The van der Waals surface area contributed by atoms with Crippen molar-refractivity contribution in [2.45, 2.75) is 19.4 Å². The Balaban J connectivity index is 2.10. The Labute approximate surface area is 117 Å². The number of ether oxygens (including phenoxy) is 1. The highest BCUT2D eigenvalue weighted by Gasteiger charge is 2.05. The van der Waals surface area contributed by atoms with E-state index in [-0.39, 0.29) is 0 Å². The molecule has 2 aromatic rings. The maximum atomic E-state index is 5.92. The second-order valence-corrected chi connectivity index (χ2v) is 4.65. The first-order valence-corrected chi connectivity index (χ1v) is 6.50. The number of hydrogen-bond donors (Lipinski definition) is 0. The van der Waals surface area contributed by atoms with Crippen molar-refractivity contribution in [2.75, 3.05) is 0 Å². The monoisotopic (exact) mass is 281 g/mol. The molecule has 1 aromatic heterocycles. The number of alkyl halides is 1. The molecule has 0 bridgehead atoms. The molecule has 0 unspecified atom stereocenters. The third-order valence-electron chi connectivity index (χ3n) is 2.48. The molecule has 0 atom stereocenters. The molecule has 2 nitrogen and oxygen atoms in total. The average Bonchev–Trinajstić information content (AvgIpc) is 2.37. The molecule has 0 aliphatic carbocycles. The predicted molar refractivity (Wildman–Crippen MR) is 74.3 cm³/mol. The van der Waals surface area contributed by atoms with Crippen molar-refractivity contribution in [3.8, 4) is 5.75 Å². The van der Waals surface area contributed by atoms with Crippen LogP contribution in [0.5, 0.6) is 5.75 Å². The van der Waals surface area contributed by atoms with E-state index < -0.39 is 0 Å². The summed E-state index contributed by atoms with van der Waals surface area (Å²) in [5, 5.41) is 0.704. The Bertz CT molecular complexity index is 543. The Morgan fingerprint density at radius 1 is 1.22 bits per heavy atom. The van der Waals surface area contributed by atoms with E-state index in [1.807, 2.05) is 43.3 Å². The van der Waals surface area contributed by atoms with Gasteiger partial charge >= 0.3 is 0 Å². The number of rotatable bonds is 4. The van der Waals surface area contributed by atoms with Crippen LogP contribution < -0.4 is 4.74 Å². The van der Waals surface area contributed by atoms with Crippen LogP contribution in [0.15, 0.2) is 36.4 Å². The molecule has 94 valence electrons. The number of nitrogens with zero attached hydrogens (tertiary/aromatic N) is 1. The van der Waals surface area contributed by atoms with Crippen molar-refractivity contribution >= 4 is 23.2 Å². The van der Waals surface area contributed by atoms with Crippen molar-refractivity contribution in [3.05, 3.63) is 58.4 Å². The molecule has 2 rings (SSSR count). The number of hydrogen-bond acceptors (Lipinski definition) is 2. The van der Waals surface area contributed by atoms with Gasteiger partial charge in [0, 0.05) is 10.7 Å². The summed E-state index contributed by atoms with van der Waals surface area (Å²) in [6, 6.07) is 11.4. The van der Waals surface area contributed by atoms with Gasteiger partial charge in [-0.15, -0.1) is 11.6 Å². The third kappa shape index (κ3) is 3.37. The van der Waals surface area contributed by atoms with Crippen LogP contribution in [0.3, 0.4) is 0 Å². The zero-order chi connectivity index (χ0) is 13.0. The first-order chi connectivity index (χ1) is 8.69. The Morgan fingerprint density at radius 3 is 2.78 bits per heavy atom. The van der Waals surface area contributed by atoms with Crippen LogP contribution in [-0.2, 0) is 12.5 Å². The van der Waals surface area contributed by atoms with Crippen LogP contribution in [0.2, 0.25) is 5.02 Å². The topological polar surface area (TPSA) is 22.1 Å². The summed E-state index contributed by atoms with van der Waals surface area (Å²) in [5.41, 5.74) is 2.71. The smallest absolute Gasteiger partial charge is 0.142 e. The predicted octanol–water partition coefficient (Wildman–Crippen LogP) is 4.36. The quantitative estimate of drug-likeness (QED) is 0.777. The van der Waals surface area contributed by atoms with Gasteiger partial charge in [-0.3, -0.25) is 4.98 Å². The molecule has 0 amide bonds. The molecule has 1 heterocycles. The summed E-state index contributed by atoms with van der Waals surface area (Å²) in [5.74, 6) is 1.06. The van der Waals surface area contributed by atoms with Crippen molar-refractivity contribution < 1.29 is 4.74 Å². The SMILES string of the molecule is Cc1ccc(OCc2cccc(Cl)c2)c(CCl)n1. The van der Waals surface area contributed by atoms with Gasteiger partial charge in [-0.1, -0.05) is 23.7 Å². The summed E-state index contributed by atoms with van der Waals surface area (Å²) in [6.07, 6.45) is 0. The summed E-state index contributed by atoms with van der Waals surface area (Å²) < 4.78 is 5.72. The number of aromatic nitrogens is 1. The van der Waals surface area contributed by atoms with Crippen molar-refractivity contribution in [1.29, 1.82) is 0 Å². The molecule has 0 N–H and O–H groups in total. The van der Waals surface area contributed by atoms with Gasteiger partial charge in [0.1, 0.15) is 12.4 Å². The van der Waals surface area contributed by atoms with Crippen LogP contribution in [0, 0.1) is 6.92 Å². The highest BCUT2D eigenvalue weighted by atomic mass is 35.5. The van der Waals surface area contributed by atoms with Gasteiger partial charge in [-0.25, -0.2) is 0 Å². The molecule has 0 spiro atoms. The minimum atomic E-state index is 0.340. The molecule has 0 aliphatic heterocycles. The van der Waals surface area contributed by atoms with Gasteiger partial charge in [-0.2, -0.15) is 0 Å². The van der Waals surface area contributed by atoms with Crippen LogP contribution >= 0.6 is 23.2 Å². The van der Waals surface area contributed by atoms with E-state index in [2.05, 4.69) is 4.98 Å². The minimum Gasteiger partial charge on any atom is -0.487 e. The van der Waals surface area contributed by atoms with Gasteiger partial charge in [0.05, 0.1) is 11.6 Å². The lowest BCUT2D eigenvalue weighted by atomic mass is 10.2. The van der Waals surface area contributed by atoms with Gasteiger partial charge < -0.3 is 4.74 Å². The van der Waals surface area contributed by atoms with Crippen molar-refractivity contribution in [2.24, 2.45) is 0 Å². The zero-order valence-corrected chi connectivity index (χ0v) is 11.5. The fourth-order valence-corrected chi connectivity index (χ4v) is 2.02. The van der Waals surface area contributed by atoms with E-state index in [1.54, 1.807) is 0 Å². The van der Waals surface area contributed by atoms with Gasteiger partial charge in [-0.05, 0) is 36.8 Å². The molecule has 1 aromatic carbocycles. The third-order valence-corrected chi connectivity index (χ3v) is 2.97. The molecule has 0 aliphatic rings. The summed E-state index contributed by atoms with van der Waals surface area (Å²) in [4.78, 5) is 4.34. The first-order valence-electron chi connectivity index (χ1n) is 5.59. The molecular weight excluding hydrogens is 269 g/mol. The minimum absolute atomic E-state index is 0.340. The molecular formula is C14H13Cl2NO. The average molecular weight is 282 g/mol. The van der Waals surface area contributed by atoms with Crippen molar-refractivity contribution in [3.63, 3.8) is 0 Å². The lowest BCUT2D eigenvalue weighted by Gasteiger charge is -2.10. The Kier molecular flexibility index (Phi) is 4.45. The number of pyridine rings is 1. The standard InChI is InChI=1S/C14H13Cl2NO/c1-10-5-6-14(13(8-15)17-10)18-9-11-3-2-4-12(16)7-11/h2-7H,8-9H2,1H3. The normalized spacial score (nSPS) is 10.4. The summed E-state index contributed by atoms with van der Waals surface area (Å²) >= 11 is 11.8. The van der Waals surface area contributed by atoms with E-state index >= 15 is 0 Å². The number of aryl methyl sites for hydroxylation is 1. The molecule has 0 radical (unpaired) electrons. The lowest BCUT2D eigenvalue weighted by Crippen LogP contribution is -2.00. The molecule has 18 heavy (non-hydrogen) atoms. The maximum absolute atomic E-state index is 5.92. The zero-order valence-electron chi connectivity index (χ0n) is 9.99. The van der Waals surface area contributed by atoms with E-state index in [1.165, 1.54) is 0 Å². The largest absolute Gasteiger partial charge is 0.487 e. The highest BCUT2D eigenvalue weighted by Crippen LogP contribution is 2.20. The van der Waals surface area contributed by atoms with Crippen LogP contribution in [-0.4, -0.2) is 4.98 Å². The number of halogens is 2. The first kappa shape index (κ1) is 13.2. The molecule has 0 saturated carbocycles. The van der Waals surface area contributed by atoms with Gasteiger partial charge in [0.2, 0.25) is 0 Å². The van der Waals surface area contributed by atoms with Crippen LogP contribution in [0.4, 0.5) is 0 Å². The van der Waals surface area contributed by atoms with E-state index in [9.17, 15) is 0 Å². The molecule has 0 fully saturated rings. The molecule has 0 saturated heterocycles. The lowest BCUT2D eigenvalue weighted by molar-refractivity contribution is 0.302. The van der Waals surface area contributed by atoms with Crippen molar-refractivity contribution in [1.82, 2.24) is 4.98 Å². The molecule has 4 heteroatoms. The van der Waals surface area contributed by atoms with E-state index in [4.69, 9.17) is 27.9 Å². The fourth-order valence-electron chi connectivity index (χ4n) is 1.61. The highest BCUT2D eigenvalue weighted by molar-refractivity contribution is 6.30. The Hall–Kier alpha value is -1.25. The van der Waals surface area contributed by atoms with Crippen LogP contribution in [0.1, 0.15) is 17.0 Å². The summed E-state index contributed by atoms with van der Waals surface area (Å²) in [6.45, 7) is 2.38. The summed E-state index contributed by atoms with van der Waals surface area (Å²) in [7, 11) is 0. The number of benzene rings is 1. The fraction of sp³-hybridized carbons (Fsp3) is 0.214. The maximum Gasteiger partial charge on any atom is 0.142 e. The van der Waals surface area contributed by atoms with Gasteiger partial charge in [0.15, 0.2) is 0 Å². The van der Waals surface area contributed by atoms with E-state index in [0.29, 0.717) is 17.5 Å². The second kappa shape index (κ2) is 6.07. The van der Waals surface area contributed by atoms with Gasteiger partial charge in [0.25, 0.3) is 0 Å². The van der Waals surface area contributed by atoms with Crippen LogP contribution in [0.25, 0.3) is 0 Å². The van der Waals surface area contributed by atoms with E-state index in [0.717, 1.165) is 22.7 Å². The second-order valence-electron chi connectivity index (χ2n) is 3.95. The Morgan fingerprint density at radius 2 is 2.06 bits per heavy atom.